The Bertz CT molecular complexity index is 238. The van der Waals surface area contributed by atoms with Crippen LogP contribution < -0.4 is 4.70 Å². The lowest BCUT2D eigenvalue weighted by atomic mass is 10.1. The molecule has 0 N–H and O–H groups in total. The highest BCUT2D eigenvalue weighted by Crippen LogP contribution is 2.04. The van der Waals surface area contributed by atoms with Crippen molar-refractivity contribution in [1.82, 2.24) is 0 Å². The molecule has 0 heterocycles. The Morgan fingerprint density at radius 2 is 1.57 bits per heavy atom. The van der Waals surface area contributed by atoms with Crippen LogP contribution in [0.2, 0.25) is 0 Å². The van der Waals surface area contributed by atoms with Gasteiger partial charge in [-0.05, 0) is 12.0 Å². The van der Waals surface area contributed by atoms with Crippen LogP contribution in [0.1, 0.15) is 12.0 Å². The molecule has 1 aromatic rings. The van der Waals surface area contributed by atoms with E-state index in [4.69, 9.17) is 0 Å². The second kappa shape index (κ2) is 5.76. The summed E-state index contributed by atoms with van der Waals surface area (Å²) in [6.45, 7) is 1.24. The van der Waals surface area contributed by atoms with Crippen molar-refractivity contribution in [3.05, 3.63) is 35.9 Å². The molecule has 0 aliphatic heterocycles. The second-order valence-electron chi connectivity index (χ2n) is 4.60. The summed E-state index contributed by atoms with van der Waals surface area (Å²) >= 11 is 0. The average Bonchev–Trinajstić information content (AvgIpc) is 2.04. The number of benzene rings is 1. The smallest absolute Gasteiger partial charge is 0.0783 e. The van der Waals surface area contributed by atoms with Crippen LogP contribution in [0.15, 0.2) is 30.3 Å². The van der Waals surface area contributed by atoms with Gasteiger partial charge in [0.25, 0.3) is 0 Å². The van der Waals surface area contributed by atoms with E-state index in [9.17, 15) is 0 Å². The van der Waals surface area contributed by atoms with E-state index in [0.717, 1.165) is 4.48 Å². The van der Waals surface area contributed by atoms with E-state index in [0.29, 0.717) is 0 Å². The summed E-state index contributed by atoms with van der Waals surface area (Å²) in [6, 6.07) is 10.7. The lowest BCUT2D eigenvalue weighted by Crippen LogP contribution is -3.00. The average molecular weight is 197 g/mol. The quantitative estimate of drug-likeness (QED) is 0.562. The molecule has 0 fully saturated rings. The summed E-state index contributed by atoms with van der Waals surface area (Å²) in [5.74, 6) is 0. The van der Waals surface area contributed by atoms with E-state index in [1.165, 1.54) is 24.9 Å². The van der Waals surface area contributed by atoms with Crippen LogP contribution in [0, 0.1) is 0 Å². The standard InChI is InChI=1S/C12H20N.FH/c1-13(2,3)11-7-10-12-8-5-4-6-9-12;/h4-6,8-9H,7,10-11H2,1-3H3;1H/q+1;/p-1. The molecule has 80 valence electrons. The molecule has 0 radical (unpaired) electrons. The Morgan fingerprint density at radius 1 is 1.00 bits per heavy atom. The van der Waals surface area contributed by atoms with E-state index < -0.39 is 0 Å². The molecule has 0 atom stereocenters. The Hall–Kier alpha value is -0.890. The second-order valence-corrected chi connectivity index (χ2v) is 4.60. The number of halogens is 1. The number of aryl methyl sites for hydroxylation is 1. The fourth-order valence-corrected chi connectivity index (χ4v) is 1.40. The van der Waals surface area contributed by atoms with E-state index in [1.54, 1.807) is 0 Å². The summed E-state index contributed by atoms with van der Waals surface area (Å²) in [5, 5.41) is 0. The predicted molar refractivity (Wildman–Crippen MR) is 57.7 cm³/mol. The van der Waals surface area contributed by atoms with Crippen LogP contribution in [0.4, 0.5) is 0 Å². The molecule has 2 heteroatoms. The van der Waals surface area contributed by atoms with Crippen molar-refractivity contribution >= 4 is 0 Å². The molecule has 14 heavy (non-hydrogen) atoms. The SMILES string of the molecule is C[N+](C)(C)CCCc1ccccc1.[F-]. The largest absolute Gasteiger partial charge is 1.00 e. The van der Waals surface area contributed by atoms with Gasteiger partial charge in [-0.2, -0.15) is 0 Å². The van der Waals surface area contributed by atoms with Gasteiger partial charge < -0.3 is 9.19 Å². The highest BCUT2D eigenvalue weighted by molar-refractivity contribution is 5.14. The topological polar surface area (TPSA) is 0 Å². The molecule has 1 aromatic carbocycles. The Kier molecular flexibility index (Phi) is 5.39. The van der Waals surface area contributed by atoms with Crippen LogP contribution in [0.5, 0.6) is 0 Å². The zero-order chi connectivity index (χ0) is 9.73. The van der Waals surface area contributed by atoms with Crippen molar-refractivity contribution < 1.29 is 9.19 Å². The summed E-state index contributed by atoms with van der Waals surface area (Å²) in [6.07, 6.45) is 2.48. The minimum atomic E-state index is 0. The molecule has 1 rings (SSSR count). The number of hydrogen-bond donors (Lipinski definition) is 0. The molecule has 0 amide bonds. The zero-order valence-electron chi connectivity index (χ0n) is 9.33. The molecule has 0 aliphatic carbocycles. The van der Waals surface area contributed by atoms with Gasteiger partial charge in [-0.15, -0.1) is 0 Å². The molecule has 0 saturated heterocycles. The maximum Gasteiger partial charge on any atom is 0.0783 e. The molecule has 0 bridgehead atoms. The molecule has 0 aliphatic rings. The summed E-state index contributed by atoms with van der Waals surface area (Å²) in [7, 11) is 6.72. The first-order valence-electron chi connectivity index (χ1n) is 4.92. The maximum atomic E-state index is 2.24. The predicted octanol–water partition coefficient (Wildman–Crippen LogP) is -0.671. The summed E-state index contributed by atoms with van der Waals surface area (Å²) in [4.78, 5) is 0. The van der Waals surface area contributed by atoms with E-state index in [2.05, 4.69) is 51.5 Å². The molecule has 0 spiro atoms. The van der Waals surface area contributed by atoms with E-state index in [-0.39, 0.29) is 4.70 Å². The van der Waals surface area contributed by atoms with Crippen molar-refractivity contribution in [2.24, 2.45) is 0 Å². The fraction of sp³-hybridized carbons (Fsp3) is 0.500. The molecular weight excluding hydrogens is 177 g/mol. The lowest BCUT2D eigenvalue weighted by Gasteiger charge is -2.23. The van der Waals surface area contributed by atoms with Crippen LogP contribution >= 0.6 is 0 Å². The Balaban J connectivity index is 0.00000169. The number of nitrogens with zero attached hydrogens (tertiary/aromatic N) is 1. The molecule has 0 unspecified atom stereocenters. The minimum absolute atomic E-state index is 0. The first kappa shape index (κ1) is 13.1. The van der Waals surface area contributed by atoms with Crippen molar-refractivity contribution in [2.75, 3.05) is 27.7 Å². The first-order chi connectivity index (χ1) is 6.08. The van der Waals surface area contributed by atoms with Gasteiger partial charge in [0.2, 0.25) is 0 Å². The van der Waals surface area contributed by atoms with E-state index in [1.807, 2.05) is 0 Å². The Labute approximate surface area is 86.3 Å². The van der Waals surface area contributed by atoms with Crippen LogP contribution in [-0.2, 0) is 6.42 Å². The van der Waals surface area contributed by atoms with Crippen molar-refractivity contribution in [1.29, 1.82) is 0 Å². The van der Waals surface area contributed by atoms with Gasteiger partial charge in [0.15, 0.2) is 0 Å². The highest BCUT2D eigenvalue weighted by atomic mass is 19.0. The van der Waals surface area contributed by atoms with Gasteiger partial charge in [0.05, 0.1) is 27.7 Å². The van der Waals surface area contributed by atoms with Gasteiger partial charge in [-0.1, -0.05) is 30.3 Å². The van der Waals surface area contributed by atoms with Crippen LogP contribution in [-0.4, -0.2) is 32.2 Å². The van der Waals surface area contributed by atoms with Gasteiger partial charge in [-0.25, -0.2) is 0 Å². The molecule has 0 saturated carbocycles. The highest BCUT2D eigenvalue weighted by Gasteiger charge is 2.05. The third-order valence-electron chi connectivity index (χ3n) is 2.14. The monoisotopic (exact) mass is 197 g/mol. The zero-order valence-corrected chi connectivity index (χ0v) is 9.33. The third-order valence-corrected chi connectivity index (χ3v) is 2.14. The van der Waals surface area contributed by atoms with Crippen molar-refractivity contribution in [2.45, 2.75) is 12.8 Å². The normalized spacial score (nSPS) is 10.8. The lowest BCUT2D eigenvalue weighted by molar-refractivity contribution is -0.870. The number of quaternary nitrogens is 1. The summed E-state index contributed by atoms with van der Waals surface area (Å²) in [5.41, 5.74) is 1.45. The fourth-order valence-electron chi connectivity index (χ4n) is 1.40. The minimum Gasteiger partial charge on any atom is -1.00 e. The van der Waals surface area contributed by atoms with Crippen molar-refractivity contribution in [3.8, 4) is 0 Å². The molecular formula is C12H20FN. The summed E-state index contributed by atoms with van der Waals surface area (Å²) < 4.78 is 1.06. The van der Waals surface area contributed by atoms with Gasteiger partial charge >= 0.3 is 0 Å². The van der Waals surface area contributed by atoms with E-state index >= 15 is 0 Å². The van der Waals surface area contributed by atoms with Gasteiger partial charge in [0.1, 0.15) is 0 Å². The number of hydrogen-bond acceptors (Lipinski definition) is 0. The van der Waals surface area contributed by atoms with Crippen LogP contribution in [0.25, 0.3) is 0 Å². The molecule has 1 nitrogen and oxygen atoms in total. The molecule has 0 aromatic heterocycles. The third kappa shape index (κ3) is 5.70. The van der Waals surface area contributed by atoms with Gasteiger partial charge in [0, 0.05) is 6.42 Å². The van der Waals surface area contributed by atoms with Crippen LogP contribution in [0.3, 0.4) is 0 Å². The maximum absolute atomic E-state index is 2.24. The first-order valence-corrected chi connectivity index (χ1v) is 4.92. The Morgan fingerprint density at radius 3 is 2.07 bits per heavy atom. The van der Waals surface area contributed by atoms with Crippen molar-refractivity contribution in [3.63, 3.8) is 0 Å². The number of rotatable bonds is 4. The van der Waals surface area contributed by atoms with Gasteiger partial charge in [-0.3, -0.25) is 0 Å².